The van der Waals surface area contributed by atoms with Crippen molar-refractivity contribution in [3.05, 3.63) is 59.7 Å². The highest BCUT2D eigenvalue weighted by Gasteiger charge is 2.14. The summed E-state index contributed by atoms with van der Waals surface area (Å²) in [5, 5.41) is 10.9. The van der Waals surface area contributed by atoms with E-state index in [1.54, 1.807) is 7.05 Å². The third kappa shape index (κ3) is 5.20. The van der Waals surface area contributed by atoms with Crippen LogP contribution in [0.1, 0.15) is 31.1 Å². The lowest BCUT2D eigenvalue weighted by atomic mass is 10.1. The van der Waals surface area contributed by atoms with Crippen LogP contribution in [0.25, 0.3) is 11.3 Å². The fourth-order valence-electron chi connectivity index (χ4n) is 2.69. The molecule has 0 fully saturated rings. The van der Waals surface area contributed by atoms with Crippen molar-refractivity contribution in [2.45, 2.75) is 33.4 Å². The smallest absolute Gasteiger partial charge is 0.317 e. The second-order valence-electron chi connectivity index (χ2n) is 6.94. The summed E-state index contributed by atoms with van der Waals surface area (Å²) in [6.07, 6.45) is 0.854. The summed E-state index contributed by atoms with van der Waals surface area (Å²) in [4.78, 5) is 13.8. The highest BCUT2D eigenvalue weighted by Crippen LogP contribution is 2.19. The molecule has 27 heavy (non-hydrogen) atoms. The summed E-state index contributed by atoms with van der Waals surface area (Å²) >= 11 is 0. The van der Waals surface area contributed by atoms with Crippen LogP contribution in [0.15, 0.2) is 51.5 Å². The SMILES string of the molecule is CC(C)Cc1cc(CNC(=O)N(C)Cc2cc(-c3ccccc3)no2)on1. The van der Waals surface area contributed by atoms with Crippen molar-refractivity contribution < 1.29 is 13.8 Å². The van der Waals surface area contributed by atoms with Crippen molar-refractivity contribution in [1.29, 1.82) is 0 Å². The minimum atomic E-state index is -0.227. The van der Waals surface area contributed by atoms with Crippen molar-refractivity contribution in [1.82, 2.24) is 20.5 Å². The largest absolute Gasteiger partial charge is 0.359 e. The van der Waals surface area contributed by atoms with Crippen molar-refractivity contribution >= 4 is 6.03 Å². The van der Waals surface area contributed by atoms with Gasteiger partial charge < -0.3 is 19.3 Å². The van der Waals surface area contributed by atoms with Gasteiger partial charge in [0.15, 0.2) is 11.5 Å². The minimum Gasteiger partial charge on any atom is -0.359 e. The van der Waals surface area contributed by atoms with Gasteiger partial charge in [-0.05, 0) is 12.3 Å². The number of carbonyl (C=O) groups is 1. The Kier molecular flexibility index (Phi) is 5.90. The van der Waals surface area contributed by atoms with Gasteiger partial charge in [-0.3, -0.25) is 0 Å². The van der Waals surface area contributed by atoms with E-state index in [1.165, 1.54) is 4.90 Å². The van der Waals surface area contributed by atoms with Crippen LogP contribution in [0, 0.1) is 5.92 Å². The maximum absolute atomic E-state index is 12.3. The summed E-state index contributed by atoms with van der Waals surface area (Å²) in [5.74, 6) is 1.76. The first-order valence-electron chi connectivity index (χ1n) is 8.95. The van der Waals surface area contributed by atoms with Crippen LogP contribution < -0.4 is 5.32 Å². The lowest BCUT2D eigenvalue weighted by Crippen LogP contribution is -2.36. The van der Waals surface area contributed by atoms with Crippen LogP contribution in [0.4, 0.5) is 4.79 Å². The molecule has 0 unspecified atom stereocenters. The number of hydrogen-bond acceptors (Lipinski definition) is 5. The summed E-state index contributed by atoms with van der Waals surface area (Å²) in [5.41, 5.74) is 2.62. The Morgan fingerprint density at radius 2 is 1.85 bits per heavy atom. The zero-order valence-electron chi connectivity index (χ0n) is 15.8. The number of nitrogens with zero attached hydrogens (tertiary/aromatic N) is 3. The molecule has 3 rings (SSSR count). The van der Waals surface area contributed by atoms with E-state index in [-0.39, 0.29) is 6.03 Å². The number of aromatic nitrogens is 2. The summed E-state index contributed by atoms with van der Waals surface area (Å²) in [6, 6.07) is 13.2. The molecule has 2 heterocycles. The Labute approximate surface area is 158 Å². The van der Waals surface area contributed by atoms with Gasteiger partial charge in [0.2, 0.25) is 0 Å². The fraction of sp³-hybridized carbons (Fsp3) is 0.350. The van der Waals surface area contributed by atoms with Crippen LogP contribution in [-0.4, -0.2) is 28.3 Å². The molecule has 2 amide bonds. The number of carbonyl (C=O) groups excluding carboxylic acids is 1. The van der Waals surface area contributed by atoms with E-state index < -0.39 is 0 Å². The molecule has 3 aromatic rings. The van der Waals surface area contributed by atoms with E-state index in [1.807, 2.05) is 42.5 Å². The first kappa shape index (κ1) is 18.7. The van der Waals surface area contributed by atoms with Crippen molar-refractivity contribution in [2.24, 2.45) is 5.92 Å². The van der Waals surface area contributed by atoms with E-state index in [9.17, 15) is 4.79 Å². The summed E-state index contributed by atoms with van der Waals surface area (Å²) < 4.78 is 10.6. The predicted molar refractivity (Wildman–Crippen MR) is 101 cm³/mol. The van der Waals surface area contributed by atoms with Crippen LogP contribution in [0.3, 0.4) is 0 Å². The number of rotatable bonds is 7. The molecular formula is C20H24N4O3. The molecule has 0 bridgehead atoms. The van der Waals surface area contributed by atoms with Crippen LogP contribution in [0.5, 0.6) is 0 Å². The number of benzene rings is 1. The van der Waals surface area contributed by atoms with Crippen molar-refractivity contribution in [3.8, 4) is 11.3 Å². The van der Waals surface area contributed by atoms with Gasteiger partial charge in [0.05, 0.1) is 18.8 Å². The van der Waals surface area contributed by atoms with Crippen molar-refractivity contribution in [3.63, 3.8) is 0 Å². The topological polar surface area (TPSA) is 84.4 Å². The Balaban J connectivity index is 1.51. The standard InChI is InChI=1S/C20H24N4O3/c1-14(2)9-16-10-17(26-22-16)12-21-20(25)24(3)13-18-11-19(23-27-18)15-7-5-4-6-8-15/h4-8,10-11,14H,9,12-13H2,1-3H3,(H,21,25). The average molecular weight is 368 g/mol. The molecular weight excluding hydrogens is 344 g/mol. The molecule has 0 atom stereocenters. The van der Waals surface area contributed by atoms with E-state index in [2.05, 4.69) is 29.5 Å². The van der Waals surface area contributed by atoms with Gasteiger partial charge in [-0.15, -0.1) is 0 Å². The van der Waals surface area contributed by atoms with Gasteiger partial charge >= 0.3 is 6.03 Å². The quantitative estimate of drug-likeness (QED) is 0.684. The molecule has 0 aliphatic heterocycles. The van der Waals surface area contributed by atoms with E-state index in [4.69, 9.17) is 9.05 Å². The van der Waals surface area contributed by atoms with Gasteiger partial charge in [0, 0.05) is 24.7 Å². The first-order valence-corrected chi connectivity index (χ1v) is 8.95. The van der Waals surface area contributed by atoms with Gasteiger partial charge in [0.1, 0.15) is 5.69 Å². The second kappa shape index (κ2) is 8.53. The summed E-state index contributed by atoms with van der Waals surface area (Å²) in [6.45, 7) is 4.86. The Bertz CT molecular complexity index is 870. The Hall–Kier alpha value is -3.09. The van der Waals surface area contributed by atoms with Gasteiger partial charge in [-0.25, -0.2) is 4.79 Å². The molecule has 1 aromatic carbocycles. The van der Waals surface area contributed by atoms with Crippen LogP contribution >= 0.6 is 0 Å². The number of amides is 2. The second-order valence-corrected chi connectivity index (χ2v) is 6.94. The molecule has 7 heteroatoms. The molecule has 0 radical (unpaired) electrons. The average Bonchev–Trinajstić information content (AvgIpc) is 3.29. The molecule has 0 saturated carbocycles. The molecule has 0 spiro atoms. The van der Waals surface area contributed by atoms with Gasteiger partial charge in [-0.2, -0.15) is 0 Å². The lowest BCUT2D eigenvalue weighted by Gasteiger charge is -2.15. The number of hydrogen-bond donors (Lipinski definition) is 1. The molecule has 7 nitrogen and oxygen atoms in total. The van der Waals surface area contributed by atoms with Crippen LogP contribution in [-0.2, 0) is 19.5 Å². The highest BCUT2D eigenvalue weighted by atomic mass is 16.5. The Morgan fingerprint density at radius 1 is 1.11 bits per heavy atom. The predicted octanol–water partition coefficient (Wildman–Crippen LogP) is 3.87. The van der Waals surface area contributed by atoms with Crippen molar-refractivity contribution in [2.75, 3.05) is 7.05 Å². The van der Waals surface area contributed by atoms with Gasteiger partial charge in [0.25, 0.3) is 0 Å². The molecule has 1 N–H and O–H groups in total. The third-order valence-electron chi connectivity index (χ3n) is 4.01. The fourth-order valence-corrected chi connectivity index (χ4v) is 2.69. The maximum atomic E-state index is 12.3. The van der Waals surface area contributed by atoms with Gasteiger partial charge in [-0.1, -0.05) is 54.5 Å². The van der Waals surface area contributed by atoms with Crippen LogP contribution in [0.2, 0.25) is 0 Å². The monoisotopic (exact) mass is 368 g/mol. The zero-order chi connectivity index (χ0) is 19.2. The number of urea groups is 1. The maximum Gasteiger partial charge on any atom is 0.317 e. The number of nitrogens with one attached hydrogen (secondary N) is 1. The molecule has 0 saturated heterocycles. The summed E-state index contributed by atoms with van der Waals surface area (Å²) in [7, 11) is 1.70. The molecule has 0 aliphatic carbocycles. The van der Waals surface area contributed by atoms with E-state index in [0.29, 0.717) is 30.5 Å². The first-order chi connectivity index (χ1) is 13.0. The Morgan fingerprint density at radius 3 is 2.59 bits per heavy atom. The van der Waals surface area contributed by atoms with E-state index in [0.717, 1.165) is 23.4 Å². The third-order valence-corrected chi connectivity index (χ3v) is 4.01. The molecule has 142 valence electrons. The zero-order valence-corrected chi connectivity index (χ0v) is 15.8. The van der Waals surface area contributed by atoms with E-state index >= 15 is 0 Å². The minimum absolute atomic E-state index is 0.227. The molecule has 0 aliphatic rings. The lowest BCUT2D eigenvalue weighted by molar-refractivity contribution is 0.199. The highest BCUT2D eigenvalue weighted by molar-refractivity contribution is 5.73. The molecule has 2 aromatic heterocycles. The normalized spacial score (nSPS) is 11.0.